The molecule has 4 bridgehead atoms. The molecule has 5 aromatic rings. The molecular formula is C42H37Cl4FN6O. The first kappa shape index (κ1) is 34.9. The Bertz CT molecular complexity index is 2440. The minimum absolute atomic E-state index is 0.0370. The minimum atomic E-state index is -0.474. The molecular weight excluding hydrogens is 765 g/mol. The normalized spacial score (nSPS) is 25.8. The number of hydrogen-bond acceptors (Lipinski definition) is 5. The average Bonchev–Trinajstić information content (AvgIpc) is 3.44. The van der Waals surface area contributed by atoms with Gasteiger partial charge in [0.25, 0.3) is 0 Å². The summed E-state index contributed by atoms with van der Waals surface area (Å²) in [6.45, 7) is 4.35. The lowest BCUT2D eigenvalue weighted by molar-refractivity contribution is -0.135. The fourth-order valence-electron chi connectivity index (χ4n) is 10.2. The summed E-state index contributed by atoms with van der Waals surface area (Å²) < 4.78 is 19.8. The Labute approximate surface area is 332 Å². The summed E-state index contributed by atoms with van der Waals surface area (Å²) >= 11 is 26.0. The quantitative estimate of drug-likeness (QED) is 0.177. The van der Waals surface area contributed by atoms with E-state index >= 15 is 4.39 Å². The summed E-state index contributed by atoms with van der Waals surface area (Å²) in [4.78, 5) is 24.0. The van der Waals surface area contributed by atoms with Gasteiger partial charge in [-0.1, -0.05) is 58.5 Å². The van der Waals surface area contributed by atoms with Crippen LogP contribution < -0.4 is 10.2 Å². The second-order valence-corrected chi connectivity index (χ2v) is 17.5. The van der Waals surface area contributed by atoms with Gasteiger partial charge >= 0.3 is 0 Å². The molecule has 4 saturated heterocycles. The summed E-state index contributed by atoms with van der Waals surface area (Å²) in [5, 5.41) is 16.7. The van der Waals surface area contributed by atoms with Crippen LogP contribution in [0.2, 0.25) is 20.1 Å². The molecule has 6 unspecified atom stereocenters. The molecule has 6 atom stereocenters. The highest BCUT2D eigenvalue weighted by Gasteiger charge is 2.55. The van der Waals surface area contributed by atoms with Crippen molar-refractivity contribution >= 4 is 79.8 Å². The molecule has 3 aromatic carbocycles. The van der Waals surface area contributed by atoms with Gasteiger partial charge in [-0.25, -0.2) is 9.37 Å². The zero-order valence-electron chi connectivity index (χ0n) is 29.6. The number of hydrogen-bond donors (Lipinski definition) is 1. The maximum Gasteiger partial charge on any atom is 0.226 e. The van der Waals surface area contributed by atoms with Gasteiger partial charge in [-0.3, -0.25) is 4.79 Å². The van der Waals surface area contributed by atoms with E-state index in [1.165, 1.54) is 0 Å². The van der Waals surface area contributed by atoms with Gasteiger partial charge < -0.3 is 19.7 Å². The van der Waals surface area contributed by atoms with E-state index in [9.17, 15) is 10.1 Å². The fourth-order valence-corrected chi connectivity index (χ4v) is 10.9. The van der Waals surface area contributed by atoms with Crippen molar-refractivity contribution in [1.82, 2.24) is 19.8 Å². The number of nitriles is 1. The highest BCUT2D eigenvalue weighted by molar-refractivity contribution is 6.44. The van der Waals surface area contributed by atoms with Gasteiger partial charge in [-0.2, -0.15) is 5.26 Å². The number of benzene rings is 3. The number of rotatable bonds is 7. The second kappa shape index (κ2) is 13.0. The van der Waals surface area contributed by atoms with Gasteiger partial charge in [0.1, 0.15) is 5.52 Å². The van der Waals surface area contributed by atoms with Gasteiger partial charge in [0, 0.05) is 82.9 Å². The van der Waals surface area contributed by atoms with E-state index in [0.717, 1.165) is 66.8 Å². The van der Waals surface area contributed by atoms with Crippen LogP contribution >= 0.6 is 46.4 Å². The van der Waals surface area contributed by atoms with E-state index in [4.69, 9.17) is 51.4 Å². The highest BCUT2D eigenvalue weighted by atomic mass is 35.5. The molecule has 7 nitrogen and oxygen atoms in total. The van der Waals surface area contributed by atoms with Gasteiger partial charge in [0.15, 0.2) is 5.82 Å². The smallest absolute Gasteiger partial charge is 0.226 e. The maximum absolute atomic E-state index is 17.3. The van der Waals surface area contributed by atoms with Crippen LogP contribution in [0, 0.1) is 41.8 Å². The Hall–Kier alpha value is -3.58. The number of nitrogens with one attached hydrogen (secondary N) is 1. The number of nitrogens with zero attached hydrogens (tertiary/aromatic N) is 5. The molecule has 0 spiro atoms. The molecule has 11 rings (SSSR count). The number of anilines is 1. The fraction of sp³-hybridized carbons (Fsp3) is 0.405. The molecule has 2 aliphatic carbocycles. The predicted molar refractivity (Wildman–Crippen MR) is 213 cm³/mol. The maximum atomic E-state index is 17.3. The van der Waals surface area contributed by atoms with Crippen molar-refractivity contribution in [2.24, 2.45) is 17.8 Å². The van der Waals surface area contributed by atoms with Crippen molar-refractivity contribution in [1.29, 1.82) is 5.26 Å². The number of piperidine rings is 1. The molecule has 4 aliphatic heterocycles. The predicted octanol–water partition coefficient (Wildman–Crippen LogP) is 10.1. The molecule has 2 aromatic heterocycles. The zero-order chi connectivity index (χ0) is 37.2. The molecule has 276 valence electrons. The largest absolute Gasteiger partial charge is 0.369 e. The Morgan fingerprint density at radius 1 is 1.00 bits per heavy atom. The van der Waals surface area contributed by atoms with Crippen LogP contribution in [0.15, 0.2) is 48.5 Å². The van der Waals surface area contributed by atoms with Crippen molar-refractivity contribution in [3.05, 3.63) is 91.4 Å². The van der Waals surface area contributed by atoms with E-state index in [-0.39, 0.29) is 58.9 Å². The van der Waals surface area contributed by atoms with Crippen LogP contribution in [0.25, 0.3) is 32.9 Å². The van der Waals surface area contributed by atoms with Gasteiger partial charge in [-0.15, -0.1) is 0 Å². The third-order valence-corrected chi connectivity index (χ3v) is 14.3. The lowest BCUT2D eigenvalue weighted by Crippen LogP contribution is -2.45. The van der Waals surface area contributed by atoms with Gasteiger partial charge in [0.2, 0.25) is 5.91 Å². The van der Waals surface area contributed by atoms with E-state index in [1.54, 1.807) is 18.2 Å². The summed E-state index contributed by atoms with van der Waals surface area (Å²) in [5.41, 5.74) is 5.52. The van der Waals surface area contributed by atoms with Crippen LogP contribution in [0.1, 0.15) is 61.1 Å². The first-order valence-electron chi connectivity index (χ1n) is 18.9. The van der Waals surface area contributed by atoms with Gasteiger partial charge in [-0.05, 0) is 86.9 Å². The number of aromatic nitrogens is 2. The molecule has 54 heavy (non-hydrogen) atoms. The number of pyridine rings is 1. The highest BCUT2D eigenvalue weighted by Crippen LogP contribution is 2.54. The molecule has 1 amide bonds. The van der Waals surface area contributed by atoms with Crippen LogP contribution in [0.5, 0.6) is 0 Å². The SMILES string of the molecule is Cc1nc2c(F)c(-c3cccc(Cl)c3Cl)c(CCC#N)cc2c2c1cc(C1C3CC(CN(c4ccc(Cl)c(Cl)c4)C3)N1C(=O)C1CC1)n2C1C2CNC1C2. The van der Waals surface area contributed by atoms with Crippen molar-refractivity contribution in [2.75, 3.05) is 24.5 Å². The van der Waals surface area contributed by atoms with Crippen molar-refractivity contribution < 1.29 is 9.18 Å². The Morgan fingerprint density at radius 2 is 1.83 bits per heavy atom. The first-order chi connectivity index (χ1) is 26.1. The van der Waals surface area contributed by atoms with Crippen molar-refractivity contribution in [3.8, 4) is 17.2 Å². The first-order valence-corrected chi connectivity index (χ1v) is 20.4. The number of carbonyl (C=O) groups excluding carboxylic acids is 1. The minimum Gasteiger partial charge on any atom is -0.369 e. The number of likely N-dealkylation sites (tertiary alicyclic amines) is 1. The summed E-state index contributed by atoms with van der Waals surface area (Å²) in [6, 6.07) is 17.8. The third-order valence-electron chi connectivity index (χ3n) is 12.8. The van der Waals surface area contributed by atoms with E-state index < -0.39 is 5.82 Å². The number of carbonyl (C=O) groups is 1. The van der Waals surface area contributed by atoms with Crippen LogP contribution in [-0.2, 0) is 11.2 Å². The third kappa shape index (κ3) is 5.29. The Balaban J connectivity index is 1.20. The monoisotopic (exact) mass is 800 g/mol. The second-order valence-electron chi connectivity index (χ2n) is 15.9. The molecule has 0 radical (unpaired) electrons. The molecule has 6 fully saturated rings. The number of aryl methyl sites for hydroxylation is 2. The van der Waals surface area contributed by atoms with E-state index in [2.05, 4.69) is 31.8 Å². The Kier molecular flexibility index (Phi) is 8.39. The van der Waals surface area contributed by atoms with Crippen molar-refractivity contribution in [2.45, 2.75) is 69.6 Å². The number of amides is 1. The number of halogens is 5. The molecule has 6 aliphatic rings. The standard InChI is InChI=1S/C42H37Cl4FN6O/c1-20-28-16-34(40-24-12-26(52(40)42(54)21-7-8-21)19-51(18-24)25-9-10-30(43)32(45)15-25)53(39-23-14-33(39)49-17-23)41(28)29-13-22(4-3-11-48)35(37(47)38(29)50-20)27-5-2-6-31(44)36(27)46/h2,5-6,9-10,13,15-16,21,23-24,26,33,39-40,49H,3-4,7-8,12,14,17-19H2,1H3. The summed E-state index contributed by atoms with van der Waals surface area (Å²) in [5.74, 6) is 0.401. The summed E-state index contributed by atoms with van der Waals surface area (Å²) in [6.07, 6.45) is 4.38. The zero-order valence-corrected chi connectivity index (χ0v) is 32.6. The van der Waals surface area contributed by atoms with Crippen LogP contribution in [0.3, 0.4) is 0 Å². The summed E-state index contributed by atoms with van der Waals surface area (Å²) in [7, 11) is 0. The number of fused-ring (bicyclic) bond motifs is 6. The average molecular weight is 803 g/mol. The molecule has 2 saturated carbocycles. The topological polar surface area (TPSA) is 77.2 Å². The lowest BCUT2D eigenvalue weighted by atomic mass is 9.79. The van der Waals surface area contributed by atoms with Gasteiger partial charge in [0.05, 0.1) is 49.8 Å². The molecule has 1 N–H and O–H groups in total. The van der Waals surface area contributed by atoms with E-state index in [1.807, 2.05) is 31.2 Å². The molecule has 12 heteroatoms. The lowest BCUT2D eigenvalue weighted by Gasteiger charge is -2.40. The Morgan fingerprint density at radius 3 is 2.56 bits per heavy atom. The van der Waals surface area contributed by atoms with E-state index in [0.29, 0.717) is 56.0 Å². The van der Waals surface area contributed by atoms with Crippen LogP contribution in [-0.4, -0.2) is 52.1 Å². The van der Waals surface area contributed by atoms with Crippen LogP contribution in [0.4, 0.5) is 10.1 Å². The van der Waals surface area contributed by atoms with Crippen molar-refractivity contribution in [3.63, 3.8) is 0 Å². The molecule has 6 heterocycles.